The van der Waals surface area contributed by atoms with E-state index in [0.717, 1.165) is 33.5 Å². The standard InChI is InChI=1S/C23H26N2O2/c1-14-12-20(26-16(3)17-4-5-17)8-10-22(14)27-23-11-7-19-13-18(15(2)24)6-9-21(19)25-23/h6-13,15-17H,4-5,24H2,1-3H3. The molecule has 2 N–H and O–H groups in total. The van der Waals surface area contributed by atoms with Gasteiger partial charge in [0.05, 0.1) is 11.6 Å². The minimum Gasteiger partial charge on any atom is -0.490 e. The Morgan fingerprint density at radius 3 is 2.56 bits per heavy atom. The van der Waals surface area contributed by atoms with E-state index in [1.54, 1.807) is 0 Å². The maximum atomic E-state index is 6.03. The van der Waals surface area contributed by atoms with Gasteiger partial charge in [0, 0.05) is 17.5 Å². The number of hydrogen-bond acceptors (Lipinski definition) is 4. The van der Waals surface area contributed by atoms with Gasteiger partial charge in [0.1, 0.15) is 11.5 Å². The van der Waals surface area contributed by atoms with Crippen LogP contribution < -0.4 is 15.2 Å². The molecule has 1 aliphatic carbocycles. The second-order valence-corrected chi connectivity index (χ2v) is 7.58. The van der Waals surface area contributed by atoms with Crippen LogP contribution in [0.25, 0.3) is 10.9 Å². The van der Waals surface area contributed by atoms with Crippen LogP contribution in [0.2, 0.25) is 0 Å². The highest BCUT2D eigenvalue weighted by atomic mass is 16.5. The molecule has 1 heterocycles. The lowest BCUT2D eigenvalue weighted by molar-refractivity contribution is 0.198. The van der Waals surface area contributed by atoms with Crippen molar-refractivity contribution in [2.45, 2.75) is 45.8 Å². The number of nitrogens with two attached hydrogens (primary N) is 1. The van der Waals surface area contributed by atoms with Gasteiger partial charge in [0.2, 0.25) is 5.88 Å². The third-order valence-electron chi connectivity index (χ3n) is 5.18. The van der Waals surface area contributed by atoms with Crippen LogP contribution in [0.4, 0.5) is 0 Å². The largest absolute Gasteiger partial charge is 0.490 e. The molecule has 3 aromatic rings. The summed E-state index contributed by atoms with van der Waals surface area (Å²) in [5.74, 6) is 2.99. The summed E-state index contributed by atoms with van der Waals surface area (Å²) in [4.78, 5) is 4.62. The first-order chi connectivity index (χ1) is 13.0. The number of pyridine rings is 1. The molecule has 0 saturated heterocycles. The number of nitrogens with zero attached hydrogens (tertiary/aromatic N) is 1. The molecule has 1 fully saturated rings. The molecule has 1 saturated carbocycles. The number of aryl methyl sites for hydroxylation is 1. The van der Waals surface area contributed by atoms with E-state index in [1.807, 2.05) is 56.3 Å². The SMILES string of the molecule is Cc1cc(OC(C)C2CC2)ccc1Oc1ccc2cc(C(C)N)ccc2n1. The summed E-state index contributed by atoms with van der Waals surface area (Å²) in [6, 6.07) is 16.0. The number of fused-ring (bicyclic) bond motifs is 1. The van der Waals surface area contributed by atoms with Crippen LogP contribution in [-0.2, 0) is 0 Å². The highest BCUT2D eigenvalue weighted by molar-refractivity contribution is 5.80. The third-order valence-corrected chi connectivity index (χ3v) is 5.18. The third kappa shape index (κ3) is 4.06. The molecular weight excluding hydrogens is 336 g/mol. The van der Waals surface area contributed by atoms with Gasteiger partial charge in [0.25, 0.3) is 0 Å². The Morgan fingerprint density at radius 2 is 1.85 bits per heavy atom. The quantitative estimate of drug-likeness (QED) is 0.626. The van der Waals surface area contributed by atoms with E-state index in [-0.39, 0.29) is 12.1 Å². The first kappa shape index (κ1) is 17.8. The summed E-state index contributed by atoms with van der Waals surface area (Å²) in [5, 5.41) is 1.06. The van der Waals surface area contributed by atoms with Crippen molar-refractivity contribution < 1.29 is 9.47 Å². The predicted molar refractivity (Wildman–Crippen MR) is 108 cm³/mol. The molecule has 4 nitrogen and oxygen atoms in total. The summed E-state index contributed by atoms with van der Waals surface area (Å²) in [6.45, 7) is 6.15. The van der Waals surface area contributed by atoms with Crippen molar-refractivity contribution in [3.63, 3.8) is 0 Å². The number of ether oxygens (including phenoxy) is 2. The molecular formula is C23H26N2O2. The first-order valence-electron chi connectivity index (χ1n) is 9.61. The molecule has 1 aromatic heterocycles. The average molecular weight is 362 g/mol. The monoisotopic (exact) mass is 362 g/mol. The minimum atomic E-state index is 0.0105. The van der Waals surface area contributed by atoms with E-state index < -0.39 is 0 Å². The van der Waals surface area contributed by atoms with Gasteiger partial charge in [-0.15, -0.1) is 0 Å². The molecule has 4 heteroatoms. The zero-order valence-electron chi connectivity index (χ0n) is 16.1. The van der Waals surface area contributed by atoms with E-state index >= 15 is 0 Å². The minimum absolute atomic E-state index is 0.0105. The highest BCUT2D eigenvalue weighted by Gasteiger charge is 2.29. The van der Waals surface area contributed by atoms with E-state index in [9.17, 15) is 0 Å². The molecule has 0 amide bonds. The first-order valence-corrected chi connectivity index (χ1v) is 9.61. The zero-order valence-corrected chi connectivity index (χ0v) is 16.1. The zero-order chi connectivity index (χ0) is 19.0. The number of hydrogen-bond donors (Lipinski definition) is 1. The summed E-state index contributed by atoms with van der Waals surface area (Å²) in [6.07, 6.45) is 2.83. The van der Waals surface area contributed by atoms with Crippen LogP contribution >= 0.6 is 0 Å². The summed E-state index contributed by atoms with van der Waals surface area (Å²) in [7, 11) is 0. The molecule has 0 bridgehead atoms. The lowest BCUT2D eigenvalue weighted by Gasteiger charge is -2.15. The van der Waals surface area contributed by atoms with Gasteiger partial charge in [-0.1, -0.05) is 6.07 Å². The van der Waals surface area contributed by atoms with Crippen LogP contribution in [0.1, 0.15) is 43.9 Å². The number of rotatable bonds is 6. The molecule has 2 aromatic carbocycles. The second-order valence-electron chi connectivity index (χ2n) is 7.58. The maximum Gasteiger partial charge on any atom is 0.219 e. The van der Waals surface area contributed by atoms with Gasteiger partial charge in [-0.3, -0.25) is 0 Å². The topological polar surface area (TPSA) is 57.4 Å². The fourth-order valence-electron chi connectivity index (χ4n) is 3.26. The van der Waals surface area contributed by atoms with Gasteiger partial charge >= 0.3 is 0 Å². The summed E-state index contributed by atoms with van der Waals surface area (Å²) < 4.78 is 12.1. The van der Waals surface area contributed by atoms with Crippen molar-refractivity contribution in [2.24, 2.45) is 11.7 Å². The Kier molecular flexibility index (Phi) is 4.75. The Balaban J connectivity index is 1.51. The van der Waals surface area contributed by atoms with Crippen LogP contribution in [-0.4, -0.2) is 11.1 Å². The van der Waals surface area contributed by atoms with E-state index in [4.69, 9.17) is 15.2 Å². The number of aromatic nitrogens is 1. The number of benzene rings is 2. The molecule has 0 radical (unpaired) electrons. The van der Waals surface area contributed by atoms with Crippen molar-refractivity contribution in [3.8, 4) is 17.4 Å². The summed E-state index contributed by atoms with van der Waals surface area (Å²) in [5.41, 5.74) is 8.99. The highest BCUT2D eigenvalue weighted by Crippen LogP contribution is 2.36. The van der Waals surface area contributed by atoms with Gasteiger partial charge in [0.15, 0.2) is 0 Å². The Hall–Kier alpha value is -2.59. The lowest BCUT2D eigenvalue weighted by atomic mass is 10.1. The predicted octanol–water partition coefficient (Wildman–Crippen LogP) is 5.53. The van der Waals surface area contributed by atoms with Crippen LogP contribution in [0.5, 0.6) is 17.4 Å². The molecule has 1 aliphatic rings. The molecule has 4 rings (SSSR count). The normalized spacial score (nSPS) is 16.1. The smallest absolute Gasteiger partial charge is 0.219 e. The van der Waals surface area contributed by atoms with Crippen molar-refractivity contribution >= 4 is 10.9 Å². The second kappa shape index (κ2) is 7.20. The Labute approximate surface area is 160 Å². The summed E-state index contributed by atoms with van der Waals surface area (Å²) >= 11 is 0. The Bertz CT molecular complexity index is 964. The molecule has 0 spiro atoms. The molecule has 2 unspecified atom stereocenters. The van der Waals surface area contributed by atoms with Crippen molar-refractivity contribution in [2.75, 3.05) is 0 Å². The van der Waals surface area contributed by atoms with Crippen molar-refractivity contribution in [3.05, 3.63) is 59.7 Å². The van der Waals surface area contributed by atoms with Crippen molar-refractivity contribution in [1.82, 2.24) is 4.98 Å². The van der Waals surface area contributed by atoms with Gasteiger partial charge in [-0.25, -0.2) is 4.98 Å². The van der Waals surface area contributed by atoms with Gasteiger partial charge < -0.3 is 15.2 Å². The molecule has 0 aliphatic heterocycles. The van der Waals surface area contributed by atoms with Crippen molar-refractivity contribution in [1.29, 1.82) is 0 Å². The van der Waals surface area contributed by atoms with E-state index in [2.05, 4.69) is 18.0 Å². The fourth-order valence-corrected chi connectivity index (χ4v) is 3.26. The Morgan fingerprint density at radius 1 is 1.04 bits per heavy atom. The van der Waals surface area contributed by atoms with E-state index in [1.165, 1.54) is 12.8 Å². The van der Waals surface area contributed by atoms with Gasteiger partial charge in [-0.05, 0) is 87.1 Å². The van der Waals surface area contributed by atoms with Crippen LogP contribution in [0.3, 0.4) is 0 Å². The van der Waals surface area contributed by atoms with Crippen LogP contribution in [0, 0.1) is 12.8 Å². The van der Waals surface area contributed by atoms with E-state index in [0.29, 0.717) is 11.8 Å². The van der Waals surface area contributed by atoms with Gasteiger partial charge in [-0.2, -0.15) is 0 Å². The lowest BCUT2D eigenvalue weighted by Crippen LogP contribution is -2.13. The molecule has 140 valence electrons. The average Bonchev–Trinajstić information content (AvgIpc) is 3.48. The fraction of sp³-hybridized carbons (Fsp3) is 0.348. The molecule has 27 heavy (non-hydrogen) atoms. The van der Waals surface area contributed by atoms with Crippen LogP contribution in [0.15, 0.2) is 48.5 Å². The maximum absolute atomic E-state index is 6.03. The molecule has 2 atom stereocenters.